The second kappa shape index (κ2) is 6.84. The van der Waals surface area contributed by atoms with E-state index >= 15 is 0 Å². The fourth-order valence-corrected chi connectivity index (χ4v) is 3.60. The molecule has 148 valence electrons. The molecule has 0 spiro atoms. The largest absolute Gasteiger partial charge is 0.326 e. The summed E-state index contributed by atoms with van der Waals surface area (Å²) in [5.41, 5.74) is 2.28. The Kier molecular flexibility index (Phi) is 4.13. The Morgan fingerprint density at radius 2 is 1.80 bits per heavy atom. The summed E-state index contributed by atoms with van der Waals surface area (Å²) < 4.78 is 30.7. The Morgan fingerprint density at radius 3 is 2.60 bits per heavy atom. The minimum Gasteiger partial charge on any atom is -0.326 e. The van der Waals surface area contributed by atoms with Gasteiger partial charge in [0.25, 0.3) is 5.56 Å². The highest BCUT2D eigenvalue weighted by Crippen LogP contribution is 2.31. The zero-order valence-corrected chi connectivity index (χ0v) is 15.5. The van der Waals surface area contributed by atoms with Crippen LogP contribution < -0.4 is 10.9 Å². The maximum atomic E-state index is 14.8. The molecule has 4 aromatic rings. The zero-order valence-electron chi connectivity index (χ0n) is 15.5. The quantitative estimate of drug-likeness (QED) is 0.569. The number of aromatic nitrogens is 3. The van der Waals surface area contributed by atoms with E-state index in [9.17, 15) is 18.4 Å². The van der Waals surface area contributed by atoms with Gasteiger partial charge < -0.3 is 5.32 Å². The summed E-state index contributed by atoms with van der Waals surface area (Å²) in [4.78, 5) is 32.2. The van der Waals surface area contributed by atoms with Crippen molar-refractivity contribution in [3.05, 3.63) is 88.1 Å². The smallest absolute Gasteiger partial charge is 0.280 e. The standard InChI is InChI=1S/C22H14F2N4O2/c23-16-7-13(12-3-4-18-14(6-12)9-20(29)27-18)8-17(24)15(16)10-28-11-26-19-2-1-5-25-21(19)22(28)30/h1-8,11H,9-10H2,(H,27,29). The number of hydrogen-bond acceptors (Lipinski definition) is 4. The molecule has 2 aromatic carbocycles. The molecule has 3 heterocycles. The van der Waals surface area contributed by atoms with Crippen molar-refractivity contribution < 1.29 is 13.6 Å². The molecule has 30 heavy (non-hydrogen) atoms. The summed E-state index contributed by atoms with van der Waals surface area (Å²) in [6.45, 7) is -0.307. The number of fused-ring (bicyclic) bond motifs is 2. The fourth-order valence-electron chi connectivity index (χ4n) is 3.60. The molecule has 2 aromatic heterocycles. The first-order valence-corrected chi connectivity index (χ1v) is 9.21. The van der Waals surface area contributed by atoms with E-state index in [4.69, 9.17) is 0 Å². The monoisotopic (exact) mass is 404 g/mol. The summed E-state index contributed by atoms with van der Waals surface area (Å²) in [5, 5.41) is 2.72. The first-order chi connectivity index (χ1) is 14.5. The number of nitrogens with one attached hydrogen (secondary N) is 1. The average molecular weight is 404 g/mol. The molecule has 6 nitrogen and oxygen atoms in total. The van der Waals surface area contributed by atoms with E-state index in [1.54, 1.807) is 30.3 Å². The third-order valence-electron chi connectivity index (χ3n) is 5.12. The van der Waals surface area contributed by atoms with Gasteiger partial charge >= 0.3 is 0 Å². The molecule has 0 aliphatic carbocycles. The molecule has 8 heteroatoms. The van der Waals surface area contributed by atoms with Crippen molar-refractivity contribution in [2.45, 2.75) is 13.0 Å². The first-order valence-electron chi connectivity index (χ1n) is 9.21. The molecule has 1 amide bonds. The van der Waals surface area contributed by atoms with Crippen molar-refractivity contribution >= 4 is 22.6 Å². The van der Waals surface area contributed by atoms with Crippen molar-refractivity contribution in [2.24, 2.45) is 0 Å². The predicted molar refractivity (Wildman–Crippen MR) is 107 cm³/mol. The van der Waals surface area contributed by atoms with Gasteiger partial charge in [-0.25, -0.2) is 18.7 Å². The van der Waals surface area contributed by atoms with Crippen LogP contribution >= 0.6 is 0 Å². The van der Waals surface area contributed by atoms with Crippen molar-refractivity contribution in [1.29, 1.82) is 0 Å². The third-order valence-corrected chi connectivity index (χ3v) is 5.12. The highest BCUT2D eigenvalue weighted by Gasteiger charge is 2.19. The molecule has 0 bridgehead atoms. The second-order valence-electron chi connectivity index (χ2n) is 7.06. The Bertz CT molecular complexity index is 1370. The Hall–Kier alpha value is -3.94. The predicted octanol–water partition coefficient (Wildman–Crippen LogP) is 3.28. The number of carbonyl (C=O) groups is 1. The Balaban J connectivity index is 1.51. The van der Waals surface area contributed by atoms with Crippen LogP contribution in [0.1, 0.15) is 11.1 Å². The molecule has 0 saturated heterocycles. The Labute approximate surface area is 168 Å². The van der Waals surface area contributed by atoms with Crippen molar-refractivity contribution in [3.8, 4) is 11.1 Å². The van der Waals surface area contributed by atoms with Gasteiger partial charge in [-0.05, 0) is 53.1 Å². The molecule has 0 atom stereocenters. The summed E-state index contributed by atoms with van der Waals surface area (Å²) in [6.07, 6.45) is 2.95. The number of hydrogen-bond donors (Lipinski definition) is 1. The summed E-state index contributed by atoms with van der Waals surface area (Å²) in [5.74, 6) is -1.65. The topological polar surface area (TPSA) is 76.9 Å². The molecule has 0 fully saturated rings. The van der Waals surface area contributed by atoms with Crippen LogP contribution in [-0.4, -0.2) is 20.4 Å². The van der Waals surface area contributed by atoms with Crippen molar-refractivity contribution in [1.82, 2.24) is 14.5 Å². The average Bonchev–Trinajstić information content (AvgIpc) is 3.11. The normalized spacial score (nSPS) is 12.8. The van der Waals surface area contributed by atoms with E-state index in [-0.39, 0.29) is 30.0 Å². The fraction of sp³-hybridized carbons (Fsp3) is 0.0909. The van der Waals surface area contributed by atoms with Crippen LogP contribution in [0.4, 0.5) is 14.5 Å². The number of amides is 1. The molecule has 0 radical (unpaired) electrons. The number of nitrogens with zero attached hydrogens (tertiary/aromatic N) is 3. The molecular formula is C22H14F2N4O2. The van der Waals surface area contributed by atoms with Crippen LogP contribution in [0.2, 0.25) is 0 Å². The van der Waals surface area contributed by atoms with Crippen LogP contribution in [0.5, 0.6) is 0 Å². The SMILES string of the molecule is O=C1Cc2cc(-c3cc(F)c(Cn4cnc5cccnc5c4=O)c(F)c3)ccc2N1. The number of halogens is 2. The summed E-state index contributed by atoms with van der Waals surface area (Å²) >= 11 is 0. The highest BCUT2D eigenvalue weighted by atomic mass is 19.1. The summed E-state index contributed by atoms with van der Waals surface area (Å²) in [7, 11) is 0. The minimum atomic E-state index is -0.771. The van der Waals surface area contributed by atoms with E-state index in [1.165, 1.54) is 24.7 Å². The lowest BCUT2D eigenvalue weighted by atomic mass is 9.99. The van der Waals surface area contributed by atoms with Gasteiger partial charge in [0, 0.05) is 17.4 Å². The van der Waals surface area contributed by atoms with E-state index in [1.807, 2.05) is 0 Å². The zero-order chi connectivity index (χ0) is 20.8. The minimum absolute atomic E-state index is 0.112. The van der Waals surface area contributed by atoms with Gasteiger partial charge in [0.2, 0.25) is 5.91 Å². The van der Waals surface area contributed by atoms with Gasteiger partial charge in [-0.15, -0.1) is 0 Å². The van der Waals surface area contributed by atoms with Gasteiger partial charge in [0.05, 0.1) is 24.8 Å². The van der Waals surface area contributed by atoms with Gasteiger partial charge in [0.15, 0.2) is 5.52 Å². The molecular weight excluding hydrogens is 390 g/mol. The lowest BCUT2D eigenvalue weighted by molar-refractivity contribution is -0.115. The number of pyridine rings is 1. The van der Waals surface area contributed by atoms with Crippen molar-refractivity contribution in [2.75, 3.05) is 5.32 Å². The molecule has 1 aliphatic rings. The third kappa shape index (κ3) is 3.02. The van der Waals surface area contributed by atoms with Gasteiger partial charge in [-0.3, -0.25) is 14.2 Å². The van der Waals surface area contributed by atoms with E-state index in [0.717, 1.165) is 10.1 Å². The van der Waals surface area contributed by atoms with E-state index in [2.05, 4.69) is 15.3 Å². The molecule has 1 aliphatic heterocycles. The van der Waals surface area contributed by atoms with Crippen LogP contribution in [0.25, 0.3) is 22.2 Å². The first kappa shape index (κ1) is 18.1. The second-order valence-corrected chi connectivity index (χ2v) is 7.06. The summed E-state index contributed by atoms with van der Waals surface area (Å²) in [6, 6.07) is 10.9. The van der Waals surface area contributed by atoms with Crippen LogP contribution in [0.15, 0.2) is 59.8 Å². The Morgan fingerprint density at radius 1 is 1.00 bits per heavy atom. The number of carbonyl (C=O) groups excluding carboxylic acids is 1. The van der Waals surface area contributed by atoms with Crippen LogP contribution in [-0.2, 0) is 17.8 Å². The molecule has 0 saturated carbocycles. The van der Waals surface area contributed by atoms with E-state index in [0.29, 0.717) is 22.3 Å². The highest BCUT2D eigenvalue weighted by molar-refractivity contribution is 5.99. The van der Waals surface area contributed by atoms with Crippen LogP contribution in [0.3, 0.4) is 0 Å². The van der Waals surface area contributed by atoms with E-state index < -0.39 is 17.2 Å². The number of anilines is 1. The number of rotatable bonds is 3. The van der Waals surface area contributed by atoms with Gasteiger partial charge in [-0.1, -0.05) is 6.07 Å². The molecule has 5 rings (SSSR count). The van der Waals surface area contributed by atoms with Crippen LogP contribution in [0, 0.1) is 11.6 Å². The molecule has 1 N–H and O–H groups in total. The lowest BCUT2D eigenvalue weighted by Crippen LogP contribution is -2.23. The maximum absolute atomic E-state index is 14.8. The lowest BCUT2D eigenvalue weighted by Gasteiger charge is -2.11. The maximum Gasteiger partial charge on any atom is 0.280 e. The van der Waals surface area contributed by atoms with Gasteiger partial charge in [-0.2, -0.15) is 0 Å². The van der Waals surface area contributed by atoms with Crippen molar-refractivity contribution in [3.63, 3.8) is 0 Å². The number of benzene rings is 2. The van der Waals surface area contributed by atoms with Gasteiger partial charge in [0.1, 0.15) is 11.6 Å². The molecule has 0 unspecified atom stereocenters.